The molecule has 0 aromatic carbocycles. The first-order chi connectivity index (χ1) is 13.7. The van der Waals surface area contributed by atoms with Crippen LogP contribution in [0.1, 0.15) is 54.3 Å². The molecule has 6 nitrogen and oxygen atoms in total. The monoisotopic (exact) mass is 376 g/mol. The number of aryl methyl sites for hydroxylation is 2. The molecule has 0 unspecified atom stereocenters. The molecule has 3 aromatic rings. The molecule has 0 saturated carbocycles. The molecule has 0 radical (unpaired) electrons. The summed E-state index contributed by atoms with van der Waals surface area (Å²) in [6.07, 6.45) is 8.98. The number of rotatable bonds is 5. The number of imidazole rings is 1. The van der Waals surface area contributed by atoms with E-state index in [-0.39, 0.29) is 0 Å². The highest BCUT2D eigenvalue weighted by atomic mass is 15.2. The molecule has 0 spiro atoms. The summed E-state index contributed by atoms with van der Waals surface area (Å²) < 4.78 is 2.25. The molecule has 3 aromatic heterocycles. The van der Waals surface area contributed by atoms with E-state index in [0.29, 0.717) is 5.92 Å². The van der Waals surface area contributed by atoms with Crippen LogP contribution in [-0.4, -0.2) is 37.6 Å². The Morgan fingerprint density at radius 2 is 1.86 bits per heavy atom. The van der Waals surface area contributed by atoms with Crippen LogP contribution in [0.25, 0.3) is 0 Å². The van der Waals surface area contributed by atoms with E-state index in [4.69, 9.17) is 4.98 Å². The first kappa shape index (κ1) is 18.6. The third kappa shape index (κ3) is 3.77. The third-order valence-electron chi connectivity index (χ3n) is 5.62. The molecule has 4 heterocycles. The quantitative estimate of drug-likeness (QED) is 0.680. The minimum atomic E-state index is 0.476. The molecule has 0 aliphatic carbocycles. The zero-order valence-corrected chi connectivity index (χ0v) is 17.0. The van der Waals surface area contributed by atoms with Gasteiger partial charge in [0.1, 0.15) is 17.5 Å². The highest BCUT2D eigenvalue weighted by Crippen LogP contribution is 2.31. The van der Waals surface area contributed by atoms with Gasteiger partial charge in [0.25, 0.3) is 0 Å². The van der Waals surface area contributed by atoms with Gasteiger partial charge in [-0.15, -0.1) is 0 Å². The average molecular weight is 377 g/mol. The van der Waals surface area contributed by atoms with Crippen molar-refractivity contribution in [2.45, 2.75) is 52.5 Å². The topological polar surface area (TPSA) is 59.7 Å². The largest absolute Gasteiger partial charge is 0.356 e. The van der Waals surface area contributed by atoms with Gasteiger partial charge in [0, 0.05) is 48.9 Å². The zero-order chi connectivity index (χ0) is 19.5. The van der Waals surface area contributed by atoms with Gasteiger partial charge in [0.2, 0.25) is 0 Å². The number of anilines is 1. The summed E-state index contributed by atoms with van der Waals surface area (Å²) in [5, 5.41) is 0. The molecule has 146 valence electrons. The highest BCUT2D eigenvalue weighted by molar-refractivity contribution is 5.49. The van der Waals surface area contributed by atoms with Crippen molar-refractivity contribution < 1.29 is 0 Å². The van der Waals surface area contributed by atoms with Gasteiger partial charge < -0.3 is 9.47 Å². The van der Waals surface area contributed by atoms with E-state index in [0.717, 1.165) is 61.9 Å². The average Bonchev–Trinajstić information content (AvgIpc) is 3.16. The summed E-state index contributed by atoms with van der Waals surface area (Å²) in [6, 6.07) is 6.06. The predicted molar refractivity (Wildman–Crippen MR) is 111 cm³/mol. The Kier molecular flexibility index (Phi) is 5.37. The van der Waals surface area contributed by atoms with Gasteiger partial charge in [0.15, 0.2) is 0 Å². The molecule has 1 fully saturated rings. The summed E-state index contributed by atoms with van der Waals surface area (Å²) in [5.74, 6) is 3.64. The highest BCUT2D eigenvalue weighted by Gasteiger charge is 2.26. The minimum Gasteiger partial charge on any atom is -0.356 e. The first-order valence-corrected chi connectivity index (χ1v) is 10.2. The Morgan fingerprint density at radius 1 is 1.04 bits per heavy atom. The fourth-order valence-electron chi connectivity index (χ4n) is 4.22. The minimum absolute atomic E-state index is 0.476. The second-order valence-corrected chi connectivity index (χ2v) is 7.51. The summed E-state index contributed by atoms with van der Waals surface area (Å²) in [5.41, 5.74) is 3.46. The van der Waals surface area contributed by atoms with Crippen molar-refractivity contribution in [1.82, 2.24) is 24.5 Å². The van der Waals surface area contributed by atoms with Crippen LogP contribution in [0, 0.1) is 13.8 Å². The number of piperidine rings is 1. The van der Waals surface area contributed by atoms with Crippen LogP contribution in [-0.2, 0) is 13.0 Å². The lowest BCUT2D eigenvalue weighted by molar-refractivity contribution is 0.466. The van der Waals surface area contributed by atoms with Crippen molar-refractivity contribution >= 4 is 5.82 Å². The Balaban J connectivity index is 1.48. The van der Waals surface area contributed by atoms with Crippen molar-refractivity contribution in [2.24, 2.45) is 0 Å². The van der Waals surface area contributed by atoms with Crippen LogP contribution in [0.5, 0.6) is 0 Å². The number of hydrogen-bond acceptors (Lipinski definition) is 5. The van der Waals surface area contributed by atoms with E-state index in [1.807, 2.05) is 31.5 Å². The zero-order valence-electron chi connectivity index (χ0n) is 17.0. The lowest BCUT2D eigenvalue weighted by Gasteiger charge is -2.34. The fraction of sp³-hybridized carbons (Fsp3) is 0.455. The van der Waals surface area contributed by atoms with E-state index in [2.05, 4.69) is 50.5 Å². The van der Waals surface area contributed by atoms with Gasteiger partial charge >= 0.3 is 0 Å². The summed E-state index contributed by atoms with van der Waals surface area (Å²) in [4.78, 5) is 20.9. The Hall–Kier alpha value is -2.76. The maximum Gasteiger partial charge on any atom is 0.135 e. The van der Waals surface area contributed by atoms with E-state index in [1.165, 1.54) is 11.4 Å². The predicted octanol–water partition coefficient (Wildman–Crippen LogP) is 3.68. The molecule has 0 bridgehead atoms. The van der Waals surface area contributed by atoms with Crippen molar-refractivity contribution in [3.63, 3.8) is 0 Å². The Morgan fingerprint density at radius 3 is 2.57 bits per heavy atom. The summed E-state index contributed by atoms with van der Waals surface area (Å²) in [6.45, 7) is 9.05. The molecule has 4 rings (SSSR count). The number of pyridine rings is 1. The van der Waals surface area contributed by atoms with Gasteiger partial charge in [0.05, 0.1) is 12.2 Å². The van der Waals surface area contributed by atoms with Crippen molar-refractivity contribution in [2.75, 3.05) is 18.0 Å². The lowest BCUT2D eigenvalue weighted by atomic mass is 9.95. The van der Waals surface area contributed by atoms with Gasteiger partial charge in [-0.3, -0.25) is 4.98 Å². The summed E-state index contributed by atoms with van der Waals surface area (Å²) in [7, 11) is 0. The SMILES string of the molecule is CCc1c(C)nc(C)nc1N1CCC(c2nccn2Cc2ccccn2)CC1. The van der Waals surface area contributed by atoms with E-state index < -0.39 is 0 Å². The van der Waals surface area contributed by atoms with Crippen LogP contribution in [0.15, 0.2) is 36.8 Å². The number of nitrogens with zero attached hydrogens (tertiary/aromatic N) is 6. The van der Waals surface area contributed by atoms with Gasteiger partial charge in [-0.2, -0.15) is 0 Å². The van der Waals surface area contributed by atoms with Crippen LogP contribution in [0.2, 0.25) is 0 Å². The number of aromatic nitrogens is 5. The van der Waals surface area contributed by atoms with Gasteiger partial charge in [-0.1, -0.05) is 13.0 Å². The van der Waals surface area contributed by atoms with Crippen molar-refractivity contribution in [3.05, 3.63) is 65.4 Å². The second-order valence-electron chi connectivity index (χ2n) is 7.51. The second kappa shape index (κ2) is 8.09. The van der Waals surface area contributed by atoms with Crippen LogP contribution in [0.3, 0.4) is 0 Å². The Bertz CT molecular complexity index is 925. The molecular formula is C22H28N6. The first-order valence-electron chi connectivity index (χ1n) is 10.2. The molecule has 0 atom stereocenters. The van der Waals surface area contributed by atoms with Crippen LogP contribution < -0.4 is 4.90 Å². The van der Waals surface area contributed by atoms with Crippen LogP contribution >= 0.6 is 0 Å². The molecule has 28 heavy (non-hydrogen) atoms. The maximum absolute atomic E-state index is 4.78. The lowest BCUT2D eigenvalue weighted by Crippen LogP contribution is -2.35. The molecule has 1 saturated heterocycles. The smallest absolute Gasteiger partial charge is 0.135 e. The standard InChI is InChI=1S/C22H28N6/c1-4-20-16(2)25-17(3)26-22(20)27-12-8-18(9-13-27)21-24-11-14-28(21)15-19-7-5-6-10-23-19/h5-7,10-11,14,18H,4,8-9,12-13,15H2,1-3H3. The summed E-state index contributed by atoms with van der Waals surface area (Å²) >= 11 is 0. The fourth-order valence-corrected chi connectivity index (χ4v) is 4.22. The molecule has 6 heteroatoms. The normalized spacial score (nSPS) is 15.2. The molecule has 0 amide bonds. The maximum atomic E-state index is 4.78. The van der Waals surface area contributed by atoms with Gasteiger partial charge in [-0.25, -0.2) is 15.0 Å². The molecule has 1 aliphatic rings. The van der Waals surface area contributed by atoms with E-state index >= 15 is 0 Å². The van der Waals surface area contributed by atoms with Crippen LogP contribution in [0.4, 0.5) is 5.82 Å². The Labute approximate surface area is 166 Å². The number of hydrogen-bond donors (Lipinski definition) is 0. The van der Waals surface area contributed by atoms with Crippen molar-refractivity contribution in [3.8, 4) is 0 Å². The van der Waals surface area contributed by atoms with Gasteiger partial charge in [-0.05, 0) is 45.2 Å². The molecule has 1 aliphatic heterocycles. The van der Waals surface area contributed by atoms with E-state index in [9.17, 15) is 0 Å². The van der Waals surface area contributed by atoms with E-state index in [1.54, 1.807) is 0 Å². The van der Waals surface area contributed by atoms with Crippen molar-refractivity contribution in [1.29, 1.82) is 0 Å². The third-order valence-corrected chi connectivity index (χ3v) is 5.62. The molecule has 0 N–H and O–H groups in total. The molecular weight excluding hydrogens is 348 g/mol.